The van der Waals surface area contributed by atoms with Crippen LogP contribution < -0.4 is 10.9 Å². The molecule has 1 saturated carbocycles. The summed E-state index contributed by atoms with van der Waals surface area (Å²) in [7, 11) is 3.79. The molecular weight excluding hydrogens is 266 g/mol. The molecule has 2 aromatic rings. The fourth-order valence-electron chi connectivity index (χ4n) is 3.42. The van der Waals surface area contributed by atoms with Crippen LogP contribution >= 0.6 is 0 Å². The molecule has 0 aliphatic heterocycles. The molecule has 0 amide bonds. The van der Waals surface area contributed by atoms with Gasteiger partial charge < -0.3 is 5.32 Å². The first kappa shape index (κ1) is 14.3. The lowest BCUT2D eigenvalue weighted by molar-refractivity contribution is 0.256. The van der Waals surface area contributed by atoms with Crippen LogP contribution in [-0.2, 0) is 13.6 Å². The van der Waals surface area contributed by atoms with Gasteiger partial charge in [-0.3, -0.25) is 14.0 Å². The van der Waals surface area contributed by atoms with E-state index < -0.39 is 0 Å². The van der Waals surface area contributed by atoms with Gasteiger partial charge in [0.15, 0.2) is 5.65 Å². The van der Waals surface area contributed by atoms with E-state index in [4.69, 9.17) is 0 Å². The van der Waals surface area contributed by atoms with Crippen molar-refractivity contribution in [2.24, 2.45) is 13.0 Å². The van der Waals surface area contributed by atoms with Crippen LogP contribution in [0.15, 0.2) is 17.3 Å². The van der Waals surface area contributed by atoms with E-state index in [1.54, 1.807) is 28.8 Å². The molecule has 0 bridgehead atoms. The van der Waals surface area contributed by atoms with Crippen LogP contribution in [0.5, 0.6) is 0 Å². The maximum Gasteiger partial charge on any atom is 0.264 e. The zero-order chi connectivity index (χ0) is 14.8. The van der Waals surface area contributed by atoms with Gasteiger partial charge in [0.1, 0.15) is 11.7 Å². The summed E-state index contributed by atoms with van der Waals surface area (Å²) < 4.78 is 3.36. The number of fused-ring (bicyclic) bond motifs is 1. The summed E-state index contributed by atoms with van der Waals surface area (Å²) in [4.78, 5) is 16.9. The van der Waals surface area contributed by atoms with Crippen molar-refractivity contribution < 1.29 is 0 Å². The SMILES string of the molecule is CNC(Cn1cnc2c(cnn2C)c1=O)C1CCCCC1. The van der Waals surface area contributed by atoms with Crippen LogP contribution in [0.25, 0.3) is 11.0 Å². The molecule has 1 fully saturated rings. The van der Waals surface area contributed by atoms with Gasteiger partial charge >= 0.3 is 0 Å². The number of aryl methyl sites for hydroxylation is 1. The van der Waals surface area contributed by atoms with Crippen LogP contribution in [0.3, 0.4) is 0 Å². The van der Waals surface area contributed by atoms with Crippen molar-refractivity contribution >= 4 is 11.0 Å². The molecule has 0 aromatic carbocycles. The Balaban J connectivity index is 1.86. The van der Waals surface area contributed by atoms with Gasteiger partial charge in [-0.1, -0.05) is 19.3 Å². The van der Waals surface area contributed by atoms with Gasteiger partial charge in [-0.25, -0.2) is 4.98 Å². The molecule has 6 heteroatoms. The maximum absolute atomic E-state index is 12.5. The summed E-state index contributed by atoms with van der Waals surface area (Å²) in [6.45, 7) is 0.678. The quantitative estimate of drug-likeness (QED) is 0.921. The molecule has 0 spiro atoms. The Morgan fingerprint density at radius 2 is 2.14 bits per heavy atom. The molecule has 2 heterocycles. The highest BCUT2D eigenvalue weighted by Gasteiger charge is 2.23. The lowest BCUT2D eigenvalue weighted by atomic mass is 9.84. The molecule has 1 atom stereocenters. The van der Waals surface area contributed by atoms with Gasteiger partial charge in [0, 0.05) is 19.6 Å². The third-order valence-corrected chi connectivity index (χ3v) is 4.70. The van der Waals surface area contributed by atoms with Crippen LogP contribution in [0.1, 0.15) is 32.1 Å². The Morgan fingerprint density at radius 3 is 2.86 bits per heavy atom. The van der Waals surface area contributed by atoms with E-state index in [0.29, 0.717) is 29.5 Å². The van der Waals surface area contributed by atoms with E-state index in [0.717, 1.165) is 0 Å². The maximum atomic E-state index is 12.5. The Kier molecular flexibility index (Phi) is 4.05. The fourth-order valence-corrected chi connectivity index (χ4v) is 3.42. The number of aromatic nitrogens is 4. The predicted molar refractivity (Wildman–Crippen MR) is 82.2 cm³/mol. The molecule has 1 aliphatic carbocycles. The van der Waals surface area contributed by atoms with E-state index in [1.165, 1.54) is 32.1 Å². The molecule has 0 saturated heterocycles. The molecular formula is C15H23N5O. The summed E-state index contributed by atoms with van der Waals surface area (Å²) in [6.07, 6.45) is 9.71. The van der Waals surface area contributed by atoms with Crippen molar-refractivity contribution in [1.29, 1.82) is 0 Å². The van der Waals surface area contributed by atoms with Crippen LogP contribution in [0.2, 0.25) is 0 Å². The predicted octanol–water partition coefficient (Wildman–Crippen LogP) is 1.30. The van der Waals surface area contributed by atoms with Crippen LogP contribution in [0.4, 0.5) is 0 Å². The lowest BCUT2D eigenvalue weighted by Crippen LogP contribution is -2.40. The molecule has 21 heavy (non-hydrogen) atoms. The summed E-state index contributed by atoms with van der Waals surface area (Å²) in [5.74, 6) is 0.653. The molecule has 1 N–H and O–H groups in total. The third-order valence-electron chi connectivity index (χ3n) is 4.70. The van der Waals surface area contributed by atoms with Gasteiger partial charge in [-0.15, -0.1) is 0 Å². The Morgan fingerprint density at radius 1 is 1.38 bits per heavy atom. The average Bonchev–Trinajstić information content (AvgIpc) is 2.90. The van der Waals surface area contributed by atoms with Crippen molar-refractivity contribution in [3.05, 3.63) is 22.9 Å². The number of nitrogens with zero attached hydrogens (tertiary/aromatic N) is 4. The highest BCUT2D eigenvalue weighted by atomic mass is 16.1. The summed E-state index contributed by atoms with van der Waals surface area (Å²) in [6, 6.07) is 0.332. The van der Waals surface area contributed by atoms with Crippen molar-refractivity contribution in [3.63, 3.8) is 0 Å². The average molecular weight is 289 g/mol. The summed E-state index contributed by atoms with van der Waals surface area (Å²) in [5.41, 5.74) is 0.652. The minimum Gasteiger partial charge on any atom is -0.315 e. The third kappa shape index (κ3) is 2.72. The fraction of sp³-hybridized carbons (Fsp3) is 0.667. The van der Waals surface area contributed by atoms with Gasteiger partial charge in [0.2, 0.25) is 0 Å². The highest BCUT2D eigenvalue weighted by Crippen LogP contribution is 2.26. The zero-order valence-corrected chi connectivity index (χ0v) is 12.7. The van der Waals surface area contributed by atoms with Crippen molar-refractivity contribution in [2.45, 2.75) is 44.7 Å². The van der Waals surface area contributed by atoms with E-state index in [1.807, 2.05) is 7.05 Å². The Hall–Kier alpha value is -1.69. The van der Waals surface area contributed by atoms with E-state index in [9.17, 15) is 4.79 Å². The molecule has 1 aliphatic rings. The van der Waals surface area contributed by atoms with Gasteiger partial charge in [0.25, 0.3) is 5.56 Å². The van der Waals surface area contributed by atoms with E-state index >= 15 is 0 Å². The largest absolute Gasteiger partial charge is 0.315 e. The molecule has 1 unspecified atom stereocenters. The van der Waals surface area contributed by atoms with Crippen molar-refractivity contribution in [1.82, 2.24) is 24.6 Å². The van der Waals surface area contributed by atoms with Gasteiger partial charge in [-0.2, -0.15) is 5.10 Å². The van der Waals surface area contributed by atoms with E-state index in [-0.39, 0.29) is 5.56 Å². The first-order valence-corrected chi connectivity index (χ1v) is 7.75. The first-order valence-electron chi connectivity index (χ1n) is 7.75. The topological polar surface area (TPSA) is 64.7 Å². The monoisotopic (exact) mass is 289 g/mol. The molecule has 0 radical (unpaired) electrons. The first-order chi connectivity index (χ1) is 10.2. The number of hydrogen-bond donors (Lipinski definition) is 1. The minimum atomic E-state index is 0.00385. The second-order valence-corrected chi connectivity index (χ2v) is 6.00. The summed E-state index contributed by atoms with van der Waals surface area (Å²) in [5, 5.41) is 8.10. The van der Waals surface area contributed by atoms with Crippen molar-refractivity contribution in [3.8, 4) is 0 Å². The summed E-state index contributed by atoms with van der Waals surface area (Å²) >= 11 is 0. The second-order valence-electron chi connectivity index (χ2n) is 6.00. The smallest absolute Gasteiger partial charge is 0.264 e. The van der Waals surface area contributed by atoms with Gasteiger partial charge in [-0.05, 0) is 25.8 Å². The molecule has 114 valence electrons. The second kappa shape index (κ2) is 5.97. The number of likely N-dealkylation sites (N-methyl/N-ethyl adjacent to an activating group) is 1. The standard InChI is InChI=1S/C15H23N5O/c1-16-13(11-6-4-3-5-7-11)9-20-10-17-14-12(15(20)21)8-18-19(14)2/h8,10-11,13,16H,3-7,9H2,1-2H3. The lowest BCUT2D eigenvalue weighted by Gasteiger charge is -2.30. The molecule has 3 rings (SSSR count). The molecule has 6 nitrogen and oxygen atoms in total. The highest BCUT2D eigenvalue weighted by molar-refractivity contribution is 5.72. The zero-order valence-electron chi connectivity index (χ0n) is 12.7. The number of hydrogen-bond acceptors (Lipinski definition) is 4. The normalized spacial score (nSPS) is 18.2. The van der Waals surface area contributed by atoms with Crippen LogP contribution in [0, 0.1) is 5.92 Å². The Bertz CT molecular complexity index is 668. The van der Waals surface area contributed by atoms with Crippen molar-refractivity contribution in [2.75, 3.05) is 7.05 Å². The van der Waals surface area contributed by atoms with Crippen LogP contribution in [-0.4, -0.2) is 32.4 Å². The Labute approximate surface area is 124 Å². The number of nitrogens with one attached hydrogen (secondary N) is 1. The van der Waals surface area contributed by atoms with E-state index in [2.05, 4.69) is 15.4 Å². The minimum absolute atomic E-state index is 0.00385. The molecule has 2 aromatic heterocycles. The number of rotatable bonds is 4. The van der Waals surface area contributed by atoms with Gasteiger partial charge in [0.05, 0.1) is 6.20 Å².